The van der Waals surface area contributed by atoms with Crippen LogP contribution in [0.4, 0.5) is 0 Å². The highest BCUT2D eigenvalue weighted by Crippen LogP contribution is 2.10. The minimum absolute atomic E-state index is 0.0457. The molecule has 0 bridgehead atoms. The van der Waals surface area contributed by atoms with Crippen molar-refractivity contribution < 1.29 is 19.5 Å². The lowest BCUT2D eigenvalue weighted by Crippen LogP contribution is -2.35. The van der Waals surface area contributed by atoms with E-state index in [-0.39, 0.29) is 23.7 Å². The van der Waals surface area contributed by atoms with Crippen LogP contribution in [-0.2, 0) is 14.4 Å². The first-order valence-corrected chi connectivity index (χ1v) is 4.45. The average Bonchev–Trinajstić information content (AvgIpc) is 2.62. The van der Waals surface area contributed by atoms with Crippen LogP contribution < -0.4 is 5.32 Å². The van der Waals surface area contributed by atoms with E-state index in [1.807, 2.05) is 0 Å². The van der Waals surface area contributed by atoms with E-state index in [4.69, 9.17) is 16.7 Å². The Hall–Kier alpha value is -1.56. The summed E-state index contributed by atoms with van der Waals surface area (Å²) in [6, 6.07) is 0. The number of hydrogen-bond donors (Lipinski definition) is 2. The molecule has 0 saturated carbocycles. The number of carbonyl (C=O) groups is 2. The van der Waals surface area contributed by atoms with Crippen molar-refractivity contribution in [3.63, 3.8) is 0 Å². The lowest BCUT2D eigenvalue weighted by atomic mass is 10.2. The van der Waals surface area contributed by atoms with Crippen LogP contribution in [0.15, 0.2) is 16.8 Å². The molecular weight excluding hydrogens is 224 g/mol. The van der Waals surface area contributed by atoms with Gasteiger partial charge in [0, 0.05) is 11.5 Å². The third-order valence-corrected chi connectivity index (χ3v) is 1.80. The Morgan fingerprint density at radius 1 is 1.73 bits per heavy atom. The van der Waals surface area contributed by atoms with Gasteiger partial charge >= 0.3 is 5.97 Å². The summed E-state index contributed by atoms with van der Waals surface area (Å²) in [5.41, 5.74) is -0.167. The summed E-state index contributed by atoms with van der Waals surface area (Å²) in [4.78, 5) is 26.4. The second-order valence-electron chi connectivity index (χ2n) is 2.88. The third-order valence-electron chi connectivity index (χ3n) is 1.66. The van der Waals surface area contributed by atoms with Gasteiger partial charge < -0.3 is 15.3 Å². The van der Waals surface area contributed by atoms with Gasteiger partial charge in [0.2, 0.25) is 6.10 Å². The second-order valence-corrected chi connectivity index (χ2v) is 3.41. The van der Waals surface area contributed by atoms with Gasteiger partial charge in [0.1, 0.15) is 0 Å². The summed E-state index contributed by atoms with van der Waals surface area (Å²) in [5, 5.41) is 14.5. The summed E-state index contributed by atoms with van der Waals surface area (Å²) in [7, 11) is 0. The molecule has 1 aliphatic rings. The normalized spacial score (nSPS) is 19.0. The molecule has 6 nitrogen and oxygen atoms in total. The van der Waals surface area contributed by atoms with Crippen molar-refractivity contribution in [2.45, 2.75) is 12.5 Å². The van der Waals surface area contributed by atoms with E-state index in [1.165, 1.54) is 0 Å². The number of carboxylic acid groups (broad SMARTS) is 1. The number of amides is 1. The van der Waals surface area contributed by atoms with Crippen molar-refractivity contribution in [2.24, 2.45) is 5.16 Å². The minimum atomic E-state index is -1.19. The molecule has 0 aromatic carbocycles. The molecule has 0 saturated heterocycles. The molecule has 1 atom stereocenters. The van der Waals surface area contributed by atoms with Crippen LogP contribution in [0.2, 0.25) is 0 Å². The lowest BCUT2D eigenvalue weighted by Gasteiger charge is -2.07. The number of nitrogens with one attached hydrogen (secondary N) is 1. The van der Waals surface area contributed by atoms with Gasteiger partial charge in [-0.2, -0.15) is 0 Å². The number of nitrogens with zero attached hydrogens (tertiary/aromatic N) is 1. The summed E-state index contributed by atoms with van der Waals surface area (Å²) in [5.74, 6) is -1.65. The second kappa shape index (κ2) is 4.79. The van der Waals surface area contributed by atoms with Gasteiger partial charge in [-0.15, -0.1) is 0 Å². The van der Waals surface area contributed by atoms with Crippen molar-refractivity contribution >= 4 is 29.2 Å². The SMILES string of the molecule is C=C(Cl)CNC(=O)C1CC(C(=O)O)=NO1. The molecule has 15 heavy (non-hydrogen) atoms. The fourth-order valence-corrected chi connectivity index (χ4v) is 1.01. The predicted molar refractivity (Wildman–Crippen MR) is 52.6 cm³/mol. The molecule has 82 valence electrons. The van der Waals surface area contributed by atoms with Crippen molar-refractivity contribution in [3.05, 3.63) is 11.6 Å². The molecule has 0 radical (unpaired) electrons. The van der Waals surface area contributed by atoms with Gasteiger partial charge in [0.15, 0.2) is 5.71 Å². The molecule has 1 rings (SSSR count). The standard InChI is InChI=1S/C8H9ClN2O4/c1-4(9)3-10-7(12)6-2-5(8(13)14)11-15-6/h6H,1-3H2,(H,10,12)(H,13,14). The van der Waals surface area contributed by atoms with Gasteiger partial charge in [-0.25, -0.2) is 4.79 Å². The van der Waals surface area contributed by atoms with Gasteiger partial charge in [-0.1, -0.05) is 23.3 Å². The largest absolute Gasteiger partial charge is 0.477 e. The Labute approximate surface area is 90.5 Å². The van der Waals surface area contributed by atoms with Gasteiger partial charge in [-0.3, -0.25) is 4.79 Å². The fraction of sp³-hybridized carbons (Fsp3) is 0.375. The zero-order chi connectivity index (χ0) is 11.4. The van der Waals surface area contributed by atoms with Gasteiger partial charge in [0.05, 0.1) is 6.54 Å². The highest BCUT2D eigenvalue weighted by atomic mass is 35.5. The Morgan fingerprint density at radius 3 is 2.87 bits per heavy atom. The summed E-state index contributed by atoms with van der Waals surface area (Å²) < 4.78 is 0. The average molecular weight is 233 g/mol. The summed E-state index contributed by atoms with van der Waals surface area (Å²) in [6.45, 7) is 3.50. The van der Waals surface area contributed by atoms with E-state index in [9.17, 15) is 9.59 Å². The van der Waals surface area contributed by atoms with E-state index in [0.717, 1.165) is 0 Å². The molecule has 1 heterocycles. The van der Waals surface area contributed by atoms with E-state index in [2.05, 4.69) is 21.9 Å². The Kier molecular flexibility index (Phi) is 3.68. The van der Waals surface area contributed by atoms with Crippen molar-refractivity contribution in [1.29, 1.82) is 0 Å². The van der Waals surface area contributed by atoms with Crippen LogP contribution in [0.1, 0.15) is 6.42 Å². The minimum Gasteiger partial charge on any atom is -0.477 e. The van der Waals surface area contributed by atoms with Crippen molar-refractivity contribution in [2.75, 3.05) is 6.54 Å². The number of carbonyl (C=O) groups excluding carboxylic acids is 1. The van der Waals surface area contributed by atoms with Crippen LogP contribution in [0.3, 0.4) is 0 Å². The number of rotatable bonds is 4. The first-order chi connectivity index (χ1) is 7.00. The van der Waals surface area contributed by atoms with E-state index < -0.39 is 18.0 Å². The molecule has 2 N–H and O–H groups in total. The van der Waals surface area contributed by atoms with E-state index in [0.29, 0.717) is 0 Å². The first kappa shape index (κ1) is 11.5. The molecule has 1 amide bonds. The van der Waals surface area contributed by atoms with Crippen molar-refractivity contribution in [1.82, 2.24) is 5.32 Å². The maximum atomic E-state index is 11.3. The third kappa shape index (κ3) is 3.25. The topological polar surface area (TPSA) is 88.0 Å². The summed E-state index contributed by atoms with van der Waals surface area (Å²) in [6.07, 6.45) is -0.942. The first-order valence-electron chi connectivity index (χ1n) is 4.07. The Morgan fingerprint density at radius 2 is 2.40 bits per heavy atom. The zero-order valence-corrected chi connectivity index (χ0v) is 8.45. The molecule has 0 spiro atoms. The lowest BCUT2D eigenvalue weighted by molar-refractivity contribution is -0.131. The molecule has 0 aromatic rings. The molecule has 1 aliphatic heterocycles. The van der Waals surface area contributed by atoms with Crippen LogP contribution in [0.25, 0.3) is 0 Å². The number of hydrogen-bond acceptors (Lipinski definition) is 4. The fourth-order valence-electron chi connectivity index (χ4n) is 0.941. The highest BCUT2D eigenvalue weighted by molar-refractivity contribution is 6.36. The van der Waals surface area contributed by atoms with E-state index in [1.54, 1.807) is 0 Å². The predicted octanol–water partition coefficient (Wildman–Crippen LogP) is 0.0846. The number of oxime groups is 1. The number of halogens is 1. The monoisotopic (exact) mass is 232 g/mol. The Bertz CT molecular complexity index is 340. The maximum absolute atomic E-state index is 11.3. The quantitative estimate of drug-likeness (QED) is 0.719. The van der Waals surface area contributed by atoms with Crippen LogP contribution >= 0.6 is 11.6 Å². The highest BCUT2D eigenvalue weighted by Gasteiger charge is 2.31. The molecular formula is C8H9ClN2O4. The molecule has 0 aromatic heterocycles. The smallest absolute Gasteiger partial charge is 0.353 e. The molecule has 7 heteroatoms. The zero-order valence-electron chi connectivity index (χ0n) is 7.70. The molecule has 1 unspecified atom stereocenters. The van der Waals surface area contributed by atoms with Crippen LogP contribution in [-0.4, -0.2) is 35.3 Å². The van der Waals surface area contributed by atoms with E-state index >= 15 is 0 Å². The van der Waals surface area contributed by atoms with Crippen LogP contribution in [0.5, 0.6) is 0 Å². The molecule has 0 aliphatic carbocycles. The van der Waals surface area contributed by atoms with Gasteiger partial charge in [-0.05, 0) is 0 Å². The number of carboxylic acids is 1. The van der Waals surface area contributed by atoms with Crippen molar-refractivity contribution in [3.8, 4) is 0 Å². The summed E-state index contributed by atoms with van der Waals surface area (Å²) >= 11 is 5.43. The molecule has 0 fully saturated rings. The van der Waals surface area contributed by atoms with Gasteiger partial charge in [0.25, 0.3) is 5.91 Å². The van der Waals surface area contributed by atoms with Crippen LogP contribution in [0, 0.1) is 0 Å². The maximum Gasteiger partial charge on any atom is 0.353 e. The Balaban J connectivity index is 2.39. The number of aliphatic carboxylic acids is 1.